The Kier molecular flexibility index (Phi) is 9.40. The number of allylic oxidation sites excluding steroid dienone is 3. The molecule has 2 aliphatic rings. The van der Waals surface area contributed by atoms with Crippen LogP contribution in [0, 0.1) is 16.1 Å². The van der Waals surface area contributed by atoms with E-state index in [-0.39, 0.29) is 54.0 Å². The number of carbonyl (C=O) groups is 3. The lowest BCUT2D eigenvalue weighted by Crippen LogP contribution is -2.35. The Morgan fingerprint density at radius 2 is 1.81 bits per heavy atom. The fraction of sp³-hybridized carbons (Fsp3) is 0.343. The second kappa shape index (κ2) is 13.3. The Morgan fingerprint density at radius 3 is 2.47 bits per heavy atom. The van der Waals surface area contributed by atoms with Crippen LogP contribution in [-0.4, -0.2) is 50.1 Å². The summed E-state index contributed by atoms with van der Waals surface area (Å²) in [7, 11) is 0. The Bertz CT molecular complexity index is 2010. The average molecular weight is 655 g/mol. The molecule has 0 aliphatic carbocycles. The summed E-state index contributed by atoms with van der Waals surface area (Å²) in [6.07, 6.45) is 7.33. The van der Waals surface area contributed by atoms with Crippen LogP contribution in [0.2, 0.25) is 0 Å². The van der Waals surface area contributed by atoms with Crippen molar-refractivity contribution in [3.63, 3.8) is 0 Å². The van der Waals surface area contributed by atoms with Crippen LogP contribution in [0.3, 0.4) is 0 Å². The lowest BCUT2D eigenvalue weighted by atomic mass is 9.82. The number of nitriles is 1. The molecule has 0 bridgehead atoms. The molecular weight excluding hydrogens is 618 g/mol. The summed E-state index contributed by atoms with van der Waals surface area (Å²) >= 11 is 5.36. The number of fused-ring (bicyclic) bond motifs is 3. The van der Waals surface area contributed by atoms with Crippen LogP contribution in [0.4, 0.5) is 0 Å². The van der Waals surface area contributed by atoms with Crippen LogP contribution in [0.5, 0.6) is 5.88 Å². The molecule has 3 aromatic rings. The fourth-order valence-electron chi connectivity index (χ4n) is 6.06. The van der Waals surface area contributed by atoms with Crippen LogP contribution in [0.15, 0.2) is 53.5 Å². The van der Waals surface area contributed by atoms with E-state index in [0.29, 0.717) is 30.6 Å². The number of hydrogen-bond donors (Lipinski definition) is 1. The number of carbonyl (C=O) groups excluding carboxylic acids is 3. The molecule has 2 aliphatic heterocycles. The summed E-state index contributed by atoms with van der Waals surface area (Å²) < 4.78 is 10.6. The molecule has 5 rings (SSSR count). The van der Waals surface area contributed by atoms with Crippen molar-refractivity contribution in [1.29, 1.82) is 5.26 Å². The fourth-order valence-corrected chi connectivity index (χ4v) is 6.49. The minimum absolute atomic E-state index is 0.0966. The molecule has 2 amide bonds. The van der Waals surface area contributed by atoms with Crippen molar-refractivity contribution >= 4 is 41.7 Å². The van der Waals surface area contributed by atoms with Crippen molar-refractivity contribution in [2.45, 2.75) is 65.5 Å². The Labute approximate surface area is 277 Å². The first kappa shape index (κ1) is 33.2. The number of benzene rings is 1. The third kappa shape index (κ3) is 6.18. The second-order valence-corrected chi connectivity index (χ2v) is 12.2. The van der Waals surface area contributed by atoms with Crippen molar-refractivity contribution in [2.24, 2.45) is 0 Å². The number of imide groups is 1. The number of esters is 1. The first-order valence-electron chi connectivity index (χ1n) is 15.5. The summed E-state index contributed by atoms with van der Waals surface area (Å²) in [5, 5.41) is 20.8. The van der Waals surface area contributed by atoms with E-state index in [4.69, 9.17) is 17.0 Å². The van der Waals surface area contributed by atoms with Gasteiger partial charge < -0.3 is 9.84 Å². The lowest BCUT2D eigenvalue weighted by Gasteiger charge is -2.16. The largest absolute Gasteiger partial charge is 0.494 e. The van der Waals surface area contributed by atoms with Crippen LogP contribution in [-0.2, 0) is 44.0 Å². The number of likely N-dealkylation sites (tertiary alicyclic amines) is 1. The van der Waals surface area contributed by atoms with Gasteiger partial charge in [0.15, 0.2) is 16.7 Å². The van der Waals surface area contributed by atoms with Gasteiger partial charge in [0.05, 0.1) is 23.7 Å². The Hall–Kier alpha value is -5.15. The van der Waals surface area contributed by atoms with E-state index in [2.05, 4.69) is 30.6 Å². The molecule has 0 saturated carbocycles. The van der Waals surface area contributed by atoms with Gasteiger partial charge in [0.25, 0.3) is 5.56 Å². The molecule has 0 unspecified atom stereocenters. The number of hydrogen-bond acceptors (Lipinski definition) is 8. The van der Waals surface area contributed by atoms with Crippen molar-refractivity contribution in [2.75, 3.05) is 13.2 Å². The van der Waals surface area contributed by atoms with E-state index >= 15 is 0 Å². The van der Waals surface area contributed by atoms with Crippen LogP contribution >= 0.6 is 12.2 Å². The number of rotatable bonds is 10. The topological polar surface area (TPSA) is 139 Å². The molecule has 12 heteroatoms. The van der Waals surface area contributed by atoms with Gasteiger partial charge in [0.2, 0.25) is 23.4 Å². The molecule has 242 valence electrons. The maximum absolute atomic E-state index is 13.0. The first-order chi connectivity index (χ1) is 22.4. The summed E-state index contributed by atoms with van der Waals surface area (Å²) in [5.41, 5.74) is 4.39. The highest BCUT2D eigenvalue weighted by Gasteiger charge is 2.44. The average Bonchev–Trinajstić information content (AvgIpc) is 3.48. The molecule has 1 saturated heterocycles. The first-order valence-corrected chi connectivity index (χ1v) is 15.9. The maximum Gasteiger partial charge on any atom is 0.326 e. The van der Waals surface area contributed by atoms with Gasteiger partial charge in [0.1, 0.15) is 12.1 Å². The van der Waals surface area contributed by atoms with E-state index in [0.717, 1.165) is 27.4 Å². The zero-order valence-electron chi connectivity index (χ0n) is 26.8. The van der Waals surface area contributed by atoms with E-state index in [1.807, 2.05) is 44.3 Å². The third-order valence-electron chi connectivity index (χ3n) is 8.71. The van der Waals surface area contributed by atoms with Crippen molar-refractivity contribution in [1.82, 2.24) is 14.0 Å². The molecule has 11 nitrogen and oxygen atoms in total. The number of amides is 2. The highest BCUT2D eigenvalue weighted by Crippen LogP contribution is 2.39. The standard InChI is InChI=1S/C35H35N5O6S/c1-5-37-32(44)25(33(45)38(6-2)34(37)47)9-7-8-24(20-36)23-14-16-39-27-11-10-22(18-26(27)35(3,4)28(39)19-23)15-17-46-31(43)21-40-29(41)12-13-30(40)42/h7-11,14,16,18-19H,5-6,12-13,15,17,21H2,1-4H3/p+1. The predicted molar refractivity (Wildman–Crippen MR) is 176 cm³/mol. The third-order valence-corrected chi connectivity index (χ3v) is 9.15. The summed E-state index contributed by atoms with van der Waals surface area (Å²) in [6.45, 7) is 8.36. The SMILES string of the molecule is CCn1c(O)c(/C=C/C=C(\C#N)c2cc[n+]3c(c2)C(C)(C)c2cc(CCOC(=O)CN4C(=O)CCC4=O)ccc2-3)c(=O)n(CC)c1=S. The number of aromatic nitrogens is 3. The van der Waals surface area contributed by atoms with Gasteiger partial charge >= 0.3 is 5.97 Å². The molecule has 1 aromatic carbocycles. The van der Waals surface area contributed by atoms with E-state index < -0.39 is 16.9 Å². The maximum atomic E-state index is 13.0. The molecule has 0 spiro atoms. The minimum Gasteiger partial charge on any atom is -0.494 e. The van der Waals surface area contributed by atoms with Gasteiger partial charge in [-0.05, 0) is 63.7 Å². The zero-order valence-corrected chi connectivity index (χ0v) is 27.6. The van der Waals surface area contributed by atoms with Crippen LogP contribution in [0.1, 0.15) is 68.5 Å². The van der Waals surface area contributed by atoms with Crippen molar-refractivity contribution in [3.05, 3.63) is 91.8 Å². The molecule has 4 heterocycles. The van der Waals surface area contributed by atoms with Gasteiger partial charge in [0, 0.05) is 61.7 Å². The van der Waals surface area contributed by atoms with Crippen LogP contribution < -0.4 is 10.1 Å². The predicted octanol–water partition coefficient (Wildman–Crippen LogP) is 3.90. The van der Waals surface area contributed by atoms with Crippen molar-refractivity contribution in [3.8, 4) is 17.6 Å². The molecular formula is C35H36N5O6S+. The Balaban J connectivity index is 1.34. The minimum atomic E-state index is -0.615. The smallest absolute Gasteiger partial charge is 0.326 e. The summed E-state index contributed by atoms with van der Waals surface area (Å²) in [5.74, 6) is -1.53. The highest BCUT2D eigenvalue weighted by molar-refractivity contribution is 7.71. The summed E-state index contributed by atoms with van der Waals surface area (Å²) in [4.78, 5) is 49.7. The number of pyridine rings is 1. The summed E-state index contributed by atoms with van der Waals surface area (Å²) in [6, 6.07) is 12.2. The van der Waals surface area contributed by atoms with E-state index in [9.17, 15) is 29.5 Å². The monoisotopic (exact) mass is 654 g/mol. The van der Waals surface area contributed by atoms with Gasteiger partial charge in [-0.2, -0.15) is 9.83 Å². The van der Waals surface area contributed by atoms with E-state index in [1.54, 1.807) is 12.2 Å². The number of ether oxygens (including phenoxy) is 1. The van der Waals surface area contributed by atoms with Gasteiger partial charge in [-0.3, -0.25) is 33.2 Å². The molecule has 47 heavy (non-hydrogen) atoms. The number of nitrogens with zero attached hydrogens (tertiary/aromatic N) is 5. The zero-order chi connectivity index (χ0) is 34.0. The molecule has 1 fully saturated rings. The normalized spacial score (nSPS) is 15.2. The van der Waals surface area contributed by atoms with Crippen LogP contribution in [0.25, 0.3) is 17.3 Å². The second-order valence-electron chi connectivity index (χ2n) is 11.9. The van der Waals surface area contributed by atoms with Gasteiger partial charge in [-0.15, -0.1) is 0 Å². The molecule has 0 atom stereocenters. The number of aromatic hydroxyl groups is 1. The Morgan fingerprint density at radius 1 is 1.11 bits per heavy atom. The lowest BCUT2D eigenvalue weighted by molar-refractivity contribution is -0.599. The quantitative estimate of drug-likeness (QED) is 0.0868. The molecule has 0 radical (unpaired) electrons. The van der Waals surface area contributed by atoms with E-state index in [1.165, 1.54) is 15.2 Å². The molecule has 1 N–H and O–H groups in total. The molecule has 2 aromatic heterocycles. The van der Waals surface area contributed by atoms with Gasteiger partial charge in [-0.25, -0.2) is 0 Å². The van der Waals surface area contributed by atoms with Crippen molar-refractivity contribution < 1.29 is 28.8 Å². The highest BCUT2D eigenvalue weighted by atomic mass is 32.1. The van der Waals surface area contributed by atoms with Gasteiger partial charge in [-0.1, -0.05) is 12.1 Å².